The predicted octanol–water partition coefficient (Wildman–Crippen LogP) is 4.19. The summed E-state index contributed by atoms with van der Waals surface area (Å²) in [5.74, 6) is 1.46. The third kappa shape index (κ3) is 13.3. The van der Waals surface area contributed by atoms with Crippen LogP contribution in [0.1, 0.15) is 65.0 Å². The van der Waals surface area contributed by atoms with Gasteiger partial charge in [-0.1, -0.05) is 82.1 Å². The number of hydrogen-bond donors (Lipinski definition) is 1. The zero-order chi connectivity index (χ0) is 19.4. The van der Waals surface area contributed by atoms with E-state index in [1.165, 1.54) is 16.2 Å². The first-order chi connectivity index (χ1) is 12.5. The molecule has 0 aliphatic heterocycles. The summed E-state index contributed by atoms with van der Waals surface area (Å²) in [4.78, 5) is 2.44. The fourth-order valence-electron chi connectivity index (χ4n) is 2.24. The first-order valence-corrected chi connectivity index (χ1v) is 10.6. The molecule has 0 saturated heterocycles. The Morgan fingerprint density at radius 1 is 0.893 bits per heavy atom. The SMILES string of the molecule is CC(C)CCC(O)c1ccc(Sc2ccccc2)cc1.[Br-].[CH2-]CC(C)CC.[Mg+2]. The minimum atomic E-state index is -0.340. The predicted molar refractivity (Wildman–Crippen MR) is 121 cm³/mol. The summed E-state index contributed by atoms with van der Waals surface area (Å²) < 4.78 is 0. The van der Waals surface area contributed by atoms with E-state index < -0.39 is 0 Å². The molecule has 2 unspecified atom stereocenters. The third-order valence-corrected chi connectivity index (χ3v) is 5.47. The van der Waals surface area contributed by atoms with Crippen molar-refractivity contribution in [3.8, 4) is 0 Å². The van der Waals surface area contributed by atoms with Gasteiger partial charge in [-0.15, -0.1) is 0 Å². The van der Waals surface area contributed by atoms with Crippen molar-refractivity contribution >= 4 is 34.8 Å². The molecule has 0 fully saturated rings. The van der Waals surface area contributed by atoms with E-state index in [0.29, 0.717) is 5.92 Å². The topological polar surface area (TPSA) is 20.2 Å². The van der Waals surface area contributed by atoms with Gasteiger partial charge in [-0.3, -0.25) is 0 Å². The van der Waals surface area contributed by atoms with Gasteiger partial charge < -0.3 is 29.0 Å². The van der Waals surface area contributed by atoms with Crippen LogP contribution < -0.4 is 17.0 Å². The Hall–Kier alpha value is -0.00377. The molecule has 2 aromatic carbocycles. The number of aliphatic hydroxyl groups excluding tert-OH is 1. The van der Waals surface area contributed by atoms with Crippen LogP contribution in [0.3, 0.4) is 0 Å². The first-order valence-electron chi connectivity index (χ1n) is 9.76. The Morgan fingerprint density at radius 2 is 1.43 bits per heavy atom. The fraction of sp³-hybridized carbons (Fsp3) is 0.458. The molecule has 0 bridgehead atoms. The van der Waals surface area contributed by atoms with Crippen molar-refractivity contribution in [2.45, 2.75) is 69.3 Å². The number of hydrogen-bond acceptors (Lipinski definition) is 2. The molecule has 152 valence electrons. The summed E-state index contributed by atoms with van der Waals surface area (Å²) in [6.07, 6.45) is 3.90. The molecule has 0 heterocycles. The van der Waals surface area contributed by atoms with Crippen molar-refractivity contribution in [1.82, 2.24) is 0 Å². The summed E-state index contributed by atoms with van der Waals surface area (Å²) in [5, 5.41) is 10.1. The minimum Gasteiger partial charge on any atom is -1.00 e. The zero-order valence-corrected chi connectivity index (χ0v) is 21.7. The summed E-state index contributed by atoms with van der Waals surface area (Å²) >= 11 is 1.74. The molecule has 28 heavy (non-hydrogen) atoms. The molecular weight excluding hydrogens is 441 g/mol. The van der Waals surface area contributed by atoms with Crippen LogP contribution in [0.4, 0.5) is 0 Å². The van der Waals surface area contributed by atoms with Gasteiger partial charge in [-0.25, -0.2) is 0 Å². The molecule has 0 saturated carbocycles. The van der Waals surface area contributed by atoms with E-state index in [1.54, 1.807) is 11.8 Å². The van der Waals surface area contributed by atoms with Crippen LogP contribution in [0.15, 0.2) is 64.4 Å². The Bertz CT molecular complexity index is 585. The molecule has 0 aliphatic carbocycles. The molecule has 0 aliphatic rings. The molecule has 1 N–H and O–H groups in total. The molecular formula is C24H35BrMgOS. The fourth-order valence-corrected chi connectivity index (χ4v) is 3.08. The molecule has 2 aromatic rings. The van der Waals surface area contributed by atoms with Crippen LogP contribution >= 0.6 is 11.8 Å². The average Bonchev–Trinajstić information content (AvgIpc) is 2.67. The second-order valence-corrected chi connectivity index (χ2v) is 8.42. The maximum Gasteiger partial charge on any atom is 2.00 e. The average molecular weight is 476 g/mol. The quantitative estimate of drug-likeness (QED) is 0.456. The van der Waals surface area contributed by atoms with Gasteiger partial charge in [0.2, 0.25) is 0 Å². The van der Waals surface area contributed by atoms with E-state index >= 15 is 0 Å². The largest absolute Gasteiger partial charge is 2.00 e. The van der Waals surface area contributed by atoms with Gasteiger partial charge in [0.25, 0.3) is 0 Å². The van der Waals surface area contributed by atoms with Gasteiger partial charge >= 0.3 is 23.1 Å². The number of benzene rings is 2. The summed E-state index contributed by atoms with van der Waals surface area (Å²) in [5.41, 5.74) is 1.02. The van der Waals surface area contributed by atoms with E-state index in [4.69, 9.17) is 0 Å². The van der Waals surface area contributed by atoms with Gasteiger partial charge in [0.1, 0.15) is 0 Å². The third-order valence-electron chi connectivity index (χ3n) is 4.45. The standard InChI is InChI=1S/C18H22OS.C6H13.BrH.Mg/c1-14(2)8-13-18(19)15-9-11-17(12-10-15)20-16-6-4-3-5-7-16;1-4-6(3)5-2;;/h3-7,9-12,14,18-19H,8,13H2,1-2H3;6H,1,4-5H2,2-3H3;1H;/q;-1;;+2/p-1. The first kappa shape index (κ1) is 30.2. The van der Waals surface area contributed by atoms with Gasteiger partial charge in [0.05, 0.1) is 6.10 Å². The van der Waals surface area contributed by atoms with E-state index in [1.807, 2.05) is 30.3 Å². The molecule has 2 rings (SSSR count). The normalized spacial score (nSPS) is 12.1. The molecule has 0 radical (unpaired) electrons. The van der Waals surface area contributed by atoms with Crippen LogP contribution in [0, 0.1) is 18.8 Å². The second kappa shape index (κ2) is 17.8. The maximum absolute atomic E-state index is 10.1. The monoisotopic (exact) mass is 474 g/mol. The van der Waals surface area contributed by atoms with Crippen LogP contribution in [0.25, 0.3) is 0 Å². The van der Waals surface area contributed by atoms with Crippen LogP contribution in [-0.4, -0.2) is 28.2 Å². The summed E-state index contributed by atoms with van der Waals surface area (Å²) in [7, 11) is 0. The molecule has 0 spiro atoms. The smallest absolute Gasteiger partial charge is 1.00 e. The number of aliphatic hydroxyl groups is 1. The van der Waals surface area contributed by atoms with Crippen molar-refractivity contribution in [1.29, 1.82) is 0 Å². The second-order valence-electron chi connectivity index (χ2n) is 7.27. The Balaban J connectivity index is 0. The van der Waals surface area contributed by atoms with E-state index in [-0.39, 0.29) is 46.1 Å². The van der Waals surface area contributed by atoms with Crippen molar-refractivity contribution in [2.24, 2.45) is 11.8 Å². The van der Waals surface area contributed by atoms with Crippen LogP contribution in [0.5, 0.6) is 0 Å². The summed E-state index contributed by atoms with van der Waals surface area (Å²) in [6.45, 7) is 12.5. The molecule has 1 nitrogen and oxygen atoms in total. The van der Waals surface area contributed by atoms with Crippen molar-refractivity contribution in [2.75, 3.05) is 0 Å². The molecule has 0 aromatic heterocycles. The maximum atomic E-state index is 10.1. The Kier molecular flexibility index (Phi) is 19.2. The summed E-state index contributed by atoms with van der Waals surface area (Å²) in [6, 6.07) is 18.6. The van der Waals surface area contributed by atoms with Gasteiger partial charge in [0, 0.05) is 9.79 Å². The molecule has 0 amide bonds. The van der Waals surface area contributed by atoms with E-state index in [2.05, 4.69) is 58.9 Å². The van der Waals surface area contributed by atoms with Gasteiger partial charge in [-0.2, -0.15) is 6.42 Å². The van der Waals surface area contributed by atoms with Crippen LogP contribution in [0.2, 0.25) is 0 Å². The van der Waals surface area contributed by atoms with Crippen LogP contribution in [-0.2, 0) is 0 Å². The minimum absolute atomic E-state index is 0. The number of halogens is 1. The van der Waals surface area contributed by atoms with Crippen molar-refractivity contribution in [3.63, 3.8) is 0 Å². The number of rotatable bonds is 8. The van der Waals surface area contributed by atoms with Crippen molar-refractivity contribution < 1.29 is 22.1 Å². The van der Waals surface area contributed by atoms with E-state index in [9.17, 15) is 5.11 Å². The Morgan fingerprint density at radius 3 is 1.86 bits per heavy atom. The van der Waals surface area contributed by atoms with E-state index in [0.717, 1.165) is 30.7 Å². The van der Waals surface area contributed by atoms with Gasteiger partial charge in [0.15, 0.2) is 0 Å². The molecule has 2 atom stereocenters. The molecule has 4 heteroatoms. The zero-order valence-electron chi connectivity index (χ0n) is 17.9. The van der Waals surface area contributed by atoms with Gasteiger partial charge in [-0.05, 0) is 48.6 Å². The Labute approximate surface area is 204 Å². The van der Waals surface area contributed by atoms with Crippen molar-refractivity contribution in [3.05, 3.63) is 67.1 Å².